The normalized spacial score (nSPS) is 28.2. The molecule has 0 aromatic rings. The van der Waals surface area contributed by atoms with E-state index in [1.807, 2.05) is 0 Å². The number of halogens is 1. The molecule has 3 saturated heterocycles. The van der Waals surface area contributed by atoms with E-state index in [4.69, 9.17) is 4.99 Å². The minimum Gasteiger partial charge on any atom is -0.357 e. The lowest BCUT2D eigenvalue weighted by atomic mass is 10.0. The summed E-state index contributed by atoms with van der Waals surface area (Å²) < 4.78 is 0. The summed E-state index contributed by atoms with van der Waals surface area (Å²) in [4.78, 5) is 12.9. The van der Waals surface area contributed by atoms with Crippen LogP contribution >= 0.6 is 24.0 Å². The Bertz CT molecular complexity index is 438. The van der Waals surface area contributed by atoms with Crippen LogP contribution in [0.15, 0.2) is 4.99 Å². The number of nitrogens with one attached hydrogen (secondary N) is 1. The predicted octanol–water partition coefficient (Wildman–Crippen LogP) is 3.25. The summed E-state index contributed by atoms with van der Waals surface area (Å²) in [5.41, 5.74) is 0. The van der Waals surface area contributed by atoms with Gasteiger partial charge in [0.25, 0.3) is 0 Å². The lowest BCUT2D eigenvalue weighted by Gasteiger charge is -2.34. The van der Waals surface area contributed by atoms with Crippen molar-refractivity contribution in [3.8, 4) is 0 Å². The van der Waals surface area contributed by atoms with Crippen molar-refractivity contribution in [3.63, 3.8) is 0 Å². The van der Waals surface area contributed by atoms with E-state index in [2.05, 4.69) is 33.9 Å². The number of guanidine groups is 1. The highest BCUT2D eigenvalue weighted by atomic mass is 127. The minimum atomic E-state index is 0. The molecule has 2 atom stereocenters. The first-order valence-corrected chi connectivity index (χ1v) is 11.3. The number of hydrogen-bond donors (Lipinski definition) is 1. The Labute approximate surface area is 184 Å². The fourth-order valence-corrected chi connectivity index (χ4v) is 4.98. The van der Waals surface area contributed by atoms with Gasteiger partial charge in [-0.2, -0.15) is 0 Å². The topological polar surface area (TPSA) is 34.1 Å². The van der Waals surface area contributed by atoms with Crippen molar-refractivity contribution in [1.82, 2.24) is 20.0 Å². The van der Waals surface area contributed by atoms with Gasteiger partial charge in [0, 0.05) is 32.2 Å². The van der Waals surface area contributed by atoms with Crippen LogP contribution in [-0.4, -0.2) is 85.6 Å². The number of rotatable bonds is 6. The van der Waals surface area contributed by atoms with Crippen LogP contribution in [0.25, 0.3) is 0 Å². The molecule has 27 heavy (non-hydrogen) atoms. The van der Waals surface area contributed by atoms with Crippen LogP contribution in [0.4, 0.5) is 0 Å². The van der Waals surface area contributed by atoms with Gasteiger partial charge in [0.2, 0.25) is 0 Å². The molecule has 3 fully saturated rings. The van der Waals surface area contributed by atoms with Crippen molar-refractivity contribution in [2.24, 2.45) is 10.9 Å². The Kier molecular flexibility index (Phi) is 10.7. The largest absolute Gasteiger partial charge is 0.357 e. The number of piperidine rings is 2. The Morgan fingerprint density at radius 2 is 1.74 bits per heavy atom. The molecule has 6 heteroatoms. The number of likely N-dealkylation sites (tertiary alicyclic amines) is 3. The highest BCUT2D eigenvalue weighted by molar-refractivity contribution is 14.0. The first-order valence-electron chi connectivity index (χ1n) is 11.3. The van der Waals surface area contributed by atoms with E-state index in [1.165, 1.54) is 90.8 Å². The standard InChI is InChI=1S/C21H41N5.HI/c1-3-22-21(23-16-20-10-6-9-14-25(20)4-2)26-15-11-19(18-26)17-24-12-7-5-8-13-24;/h19-20H,3-18H2,1-2H3,(H,22,23);1H. The molecule has 0 spiro atoms. The van der Waals surface area contributed by atoms with Gasteiger partial charge >= 0.3 is 0 Å². The van der Waals surface area contributed by atoms with E-state index in [1.54, 1.807) is 0 Å². The molecular formula is C21H42IN5. The SMILES string of the molecule is CCNC(=NCC1CCCCN1CC)N1CCC(CN2CCCCC2)C1.I. The van der Waals surface area contributed by atoms with Gasteiger partial charge in [0.1, 0.15) is 0 Å². The average Bonchev–Trinajstić information content (AvgIpc) is 3.14. The van der Waals surface area contributed by atoms with Gasteiger partial charge < -0.3 is 15.1 Å². The Morgan fingerprint density at radius 1 is 0.963 bits per heavy atom. The molecule has 2 unspecified atom stereocenters. The van der Waals surface area contributed by atoms with E-state index in [0.29, 0.717) is 6.04 Å². The van der Waals surface area contributed by atoms with Crippen molar-refractivity contribution >= 4 is 29.9 Å². The van der Waals surface area contributed by atoms with E-state index in [-0.39, 0.29) is 24.0 Å². The molecule has 0 saturated carbocycles. The zero-order chi connectivity index (χ0) is 18.2. The van der Waals surface area contributed by atoms with Gasteiger partial charge in [-0.1, -0.05) is 19.8 Å². The third-order valence-corrected chi connectivity index (χ3v) is 6.49. The monoisotopic (exact) mass is 491 g/mol. The molecule has 0 amide bonds. The zero-order valence-corrected chi connectivity index (χ0v) is 20.0. The van der Waals surface area contributed by atoms with Crippen molar-refractivity contribution in [2.75, 3.05) is 58.9 Å². The highest BCUT2D eigenvalue weighted by Crippen LogP contribution is 2.21. The second-order valence-electron chi connectivity index (χ2n) is 8.43. The molecule has 0 aliphatic carbocycles. The quantitative estimate of drug-likeness (QED) is 0.352. The highest BCUT2D eigenvalue weighted by Gasteiger charge is 2.27. The number of likely N-dealkylation sites (N-methyl/N-ethyl adjacent to an activating group) is 1. The predicted molar refractivity (Wildman–Crippen MR) is 126 cm³/mol. The van der Waals surface area contributed by atoms with Crippen molar-refractivity contribution in [1.29, 1.82) is 0 Å². The maximum atomic E-state index is 5.07. The van der Waals surface area contributed by atoms with Crippen LogP contribution in [0.2, 0.25) is 0 Å². The number of aliphatic imine (C=N–C) groups is 1. The third-order valence-electron chi connectivity index (χ3n) is 6.49. The lowest BCUT2D eigenvalue weighted by Crippen LogP contribution is -2.44. The Hall–Kier alpha value is -0.0800. The van der Waals surface area contributed by atoms with Crippen molar-refractivity contribution in [3.05, 3.63) is 0 Å². The Balaban J connectivity index is 0.00000261. The van der Waals surface area contributed by atoms with Crippen LogP contribution in [-0.2, 0) is 0 Å². The molecular weight excluding hydrogens is 449 g/mol. The number of hydrogen-bond acceptors (Lipinski definition) is 3. The van der Waals surface area contributed by atoms with Gasteiger partial charge in [-0.3, -0.25) is 9.89 Å². The summed E-state index contributed by atoms with van der Waals surface area (Å²) in [6, 6.07) is 0.647. The molecule has 5 nitrogen and oxygen atoms in total. The van der Waals surface area contributed by atoms with Crippen molar-refractivity contribution < 1.29 is 0 Å². The zero-order valence-electron chi connectivity index (χ0n) is 17.7. The van der Waals surface area contributed by atoms with Crippen LogP contribution in [0.3, 0.4) is 0 Å². The lowest BCUT2D eigenvalue weighted by molar-refractivity contribution is 0.161. The molecule has 3 aliphatic rings. The molecule has 0 aromatic carbocycles. The first kappa shape index (κ1) is 23.2. The van der Waals surface area contributed by atoms with E-state index >= 15 is 0 Å². The molecule has 3 heterocycles. The minimum absolute atomic E-state index is 0. The Morgan fingerprint density at radius 3 is 2.48 bits per heavy atom. The average molecular weight is 492 g/mol. The molecule has 158 valence electrons. The summed E-state index contributed by atoms with van der Waals surface area (Å²) >= 11 is 0. The summed E-state index contributed by atoms with van der Waals surface area (Å²) in [5, 5.41) is 3.56. The summed E-state index contributed by atoms with van der Waals surface area (Å²) in [6.07, 6.45) is 9.60. The third kappa shape index (κ3) is 7.03. The van der Waals surface area contributed by atoms with Gasteiger partial charge in [-0.25, -0.2) is 0 Å². The summed E-state index contributed by atoms with van der Waals surface area (Å²) in [6.45, 7) is 15.1. The smallest absolute Gasteiger partial charge is 0.193 e. The molecule has 0 aromatic heterocycles. The molecule has 3 aliphatic heterocycles. The second-order valence-corrected chi connectivity index (χ2v) is 8.43. The van der Waals surface area contributed by atoms with Crippen LogP contribution in [0.1, 0.15) is 58.8 Å². The van der Waals surface area contributed by atoms with Gasteiger partial charge in [-0.15, -0.1) is 24.0 Å². The van der Waals surface area contributed by atoms with E-state index in [0.717, 1.165) is 25.0 Å². The molecule has 3 rings (SSSR count). The summed E-state index contributed by atoms with van der Waals surface area (Å²) in [7, 11) is 0. The maximum absolute atomic E-state index is 5.07. The summed E-state index contributed by atoms with van der Waals surface area (Å²) in [5.74, 6) is 1.98. The molecule has 0 bridgehead atoms. The van der Waals surface area contributed by atoms with Gasteiger partial charge in [0.15, 0.2) is 5.96 Å². The van der Waals surface area contributed by atoms with Crippen LogP contribution in [0.5, 0.6) is 0 Å². The first-order chi connectivity index (χ1) is 12.8. The number of nitrogens with zero attached hydrogens (tertiary/aromatic N) is 4. The maximum Gasteiger partial charge on any atom is 0.193 e. The van der Waals surface area contributed by atoms with Crippen molar-refractivity contribution in [2.45, 2.75) is 64.8 Å². The van der Waals surface area contributed by atoms with Gasteiger partial charge in [-0.05, 0) is 71.1 Å². The second kappa shape index (κ2) is 12.5. The van der Waals surface area contributed by atoms with Gasteiger partial charge in [0.05, 0.1) is 6.54 Å². The van der Waals surface area contributed by atoms with Crippen LogP contribution < -0.4 is 5.32 Å². The fourth-order valence-electron chi connectivity index (χ4n) is 4.98. The molecule has 1 N–H and O–H groups in total. The fraction of sp³-hybridized carbons (Fsp3) is 0.952. The van der Waals surface area contributed by atoms with E-state index < -0.39 is 0 Å². The molecule has 0 radical (unpaired) electrons. The van der Waals surface area contributed by atoms with E-state index in [9.17, 15) is 0 Å². The van der Waals surface area contributed by atoms with Crippen LogP contribution in [0, 0.1) is 5.92 Å².